The minimum Gasteiger partial charge on any atom is -0.493 e. The number of amides is 2. The minimum atomic E-state index is -1.31. The van der Waals surface area contributed by atoms with E-state index in [-0.39, 0.29) is 24.7 Å². The van der Waals surface area contributed by atoms with Gasteiger partial charge in [-0.3, -0.25) is 14.4 Å². The van der Waals surface area contributed by atoms with Crippen LogP contribution in [-0.4, -0.2) is 56.2 Å². The molecule has 2 N–H and O–H groups in total. The SMILES string of the molecule is COc1ccc(CCC(=O)c2cccc(NC(=O)C(CC(=O)OC(C)(C)C)NC(=O)OCC3c4ccccc4-c4ccccc43)c2)cc1OC. The number of rotatable bonds is 13. The van der Waals surface area contributed by atoms with Gasteiger partial charge in [-0.2, -0.15) is 0 Å². The third kappa shape index (κ3) is 8.87. The van der Waals surface area contributed by atoms with Gasteiger partial charge < -0.3 is 29.6 Å². The van der Waals surface area contributed by atoms with Crippen LogP contribution in [0.15, 0.2) is 91.0 Å². The lowest BCUT2D eigenvalue weighted by molar-refractivity contribution is -0.156. The van der Waals surface area contributed by atoms with E-state index in [9.17, 15) is 19.2 Å². The molecule has 10 heteroatoms. The number of methoxy groups -OCH3 is 2. The first kappa shape index (κ1) is 35.7. The molecule has 10 nitrogen and oxygen atoms in total. The molecule has 0 saturated heterocycles. The molecule has 5 rings (SSSR count). The monoisotopic (exact) mass is 678 g/mol. The first-order valence-electron chi connectivity index (χ1n) is 16.4. The van der Waals surface area contributed by atoms with E-state index >= 15 is 0 Å². The average Bonchev–Trinajstić information content (AvgIpc) is 3.42. The van der Waals surface area contributed by atoms with Gasteiger partial charge in [0.2, 0.25) is 5.91 Å². The van der Waals surface area contributed by atoms with Crippen LogP contribution in [0.5, 0.6) is 11.5 Å². The highest BCUT2D eigenvalue weighted by Gasteiger charge is 2.31. The van der Waals surface area contributed by atoms with E-state index < -0.39 is 36.0 Å². The minimum absolute atomic E-state index is 0.0358. The maximum absolute atomic E-state index is 13.5. The zero-order chi connectivity index (χ0) is 35.8. The number of aryl methyl sites for hydroxylation is 1. The molecule has 1 unspecified atom stereocenters. The van der Waals surface area contributed by atoms with Crippen molar-refractivity contribution in [2.75, 3.05) is 26.1 Å². The highest BCUT2D eigenvalue weighted by Crippen LogP contribution is 2.44. The number of benzene rings is 4. The second-order valence-electron chi connectivity index (χ2n) is 13.0. The first-order chi connectivity index (χ1) is 24.0. The molecule has 0 heterocycles. The van der Waals surface area contributed by atoms with Gasteiger partial charge in [0.25, 0.3) is 0 Å². The van der Waals surface area contributed by atoms with Crippen LogP contribution < -0.4 is 20.1 Å². The average molecular weight is 679 g/mol. The van der Waals surface area contributed by atoms with Gasteiger partial charge >= 0.3 is 12.1 Å². The Kier molecular flexibility index (Phi) is 11.2. The summed E-state index contributed by atoms with van der Waals surface area (Å²) in [6.45, 7) is 5.18. The standard InChI is InChI=1S/C40H42N2O8/c1-40(2,3)50-37(44)23-33(42-39(46)49-24-32-30-15-8-6-13-28(30)29-14-7-9-16-31(29)32)38(45)41-27-12-10-11-26(22-27)34(43)19-17-25-18-20-35(47-4)36(21-25)48-5/h6-16,18,20-22,32-33H,17,19,23-24H2,1-5H3,(H,41,45)(H,42,46). The number of hydrogen-bond acceptors (Lipinski definition) is 8. The zero-order valence-corrected chi connectivity index (χ0v) is 28.9. The Labute approximate surface area is 292 Å². The molecule has 0 bridgehead atoms. The van der Waals surface area contributed by atoms with E-state index in [4.69, 9.17) is 18.9 Å². The quantitative estimate of drug-likeness (QED) is 0.113. The molecular formula is C40H42N2O8. The number of Topliss-reactive ketones (excluding diaryl/α,β-unsaturated/α-hetero) is 1. The number of ether oxygens (including phenoxy) is 4. The number of fused-ring (bicyclic) bond motifs is 3. The number of alkyl carbamates (subject to hydrolysis) is 1. The molecule has 0 aromatic heterocycles. The summed E-state index contributed by atoms with van der Waals surface area (Å²) in [4.78, 5) is 52.6. The Bertz CT molecular complexity index is 1830. The molecule has 0 radical (unpaired) electrons. The van der Waals surface area contributed by atoms with Crippen LogP contribution in [-0.2, 0) is 25.5 Å². The lowest BCUT2D eigenvalue weighted by Gasteiger charge is -2.23. The molecule has 4 aromatic rings. The van der Waals surface area contributed by atoms with E-state index in [1.54, 1.807) is 65.3 Å². The molecule has 1 aliphatic rings. The van der Waals surface area contributed by atoms with E-state index in [0.717, 1.165) is 27.8 Å². The van der Waals surface area contributed by atoms with Crippen molar-refractivity contribution in [2.45, 2.75) is 57.6 Å². The van der Waals surface area contributed by atoms with Crippen LogP contribution in [0.2, 0.25) is 0 Å². The van der Waals surface area contributed by atoms with E-state index in [2.05, 4.69) is 10.6 Å². The topological polar surface area (TPSA) is 129 Å². The molecular weight excluding hydrogens is 636 g/mol. The van der Waals surface area contributed by atoms with Crippen molar-refractivity contribution >= 4 is 29.4 Å². The molecule has 0 spiro atoms. The van der Waals surface area contributed by atoms with Gasteiger partial charge in [-0.05, 0) is 79.3 Å². The molecule has 0 fully saturated rings. The second kappa shape index (κ2) is 15.7. The predicted octanol–water partition coefficient (Wildman–Crippen LogP) is 7.10. The maximum atomic E-state index is 13.5. The Balaban J connectivity index is 1.24. The van der Waals surface area contributed by atoms with Gasteiger partial charge in [-0.1, -0.05) is 66.7 Å². The molecule has 1 atom stereocenters. The van der Waals surface area contributed by atoms with Crippen LogP contribution in [0.25, 0.3) is 11.1 Å². The summed E-state index contributed by atoms with van der Waals surface area (Å²) < 4.78 is 21.7. The highest BCUT2D eigenvalue weighted by atomic mass is 16.6. The maximum Gasteiger partial charge on any atom is 0.407 e. The number of carbonyl (C=O) groups is 4. The normalized spacial score (nSPS) is 12.6. The Morgan fingerprint density at radius 1 is 0.780 bits per heavy atom. The summed E-state index contributed by atoms with van der Waals surface area (Å²) >= 11 is 0. The molecule has 0 aliphatic heterocycles. The van der Waals surface area contributed by atoms with Gasteiger partial charge in [0.1, 0.15) is 18.2 Å². The van der Waals surface area contributed by atoms with Crippen molar-refractivity contribution in [2.24, 2.45) is 0 Å². The number of ketones is 1. The lowest BCUT2D eigenvalue weighted by atomic mass is 9.98. The van der Waals surface area contributed by atoms with Crippen molar-refractivity contribution in [3.8, 4) is 22.6 Å². The summed E-state index contributed by atoms with van der Waals surface area (Å²) in [5, 5.41) is 5.29. The van der Waals surface area contributed by atoms with Crippen LogP contribution in [0, 0.1) is 0 Å². The van der Waals surface area contributed by atoms with Crippen molar-refractivity contribution < 1.29 is 38.1 Å². The van der Waals surface area contributed by atoms with E-state index in [0.29, 0.717) is 29.2 Å². The van der Waals surface area contributed by atoms with Gasteiger partial charge in [0.15, 0.2) is 17.3 Å². The number of nitrogens with one attached hydrogen (secondary N) is 2. The summed E-state index contributed by atoms with van der Waals surface area (Å²) in [6.07, 6.45) is -0.596. The van der Waals surface area contributed by atoms with Gasteiger partial charge in [0.05, 0.1) is 20.6 Å². The van der Waals surface area contributed by atoms with Crippen molar-refractivity contribution in [3.63, 3.8) is 0 Å². The van der Waals surface area contributed by atoms with Crippen molar-refractivity contribution in [1.29, 1.82) is 0 Å². The first-order valence-corrected chi connectivity index (χ1v) is 16.4. The van der Waals surface area contributed by atoms with E-state index in [1.807, 2.05) is 60.7 Å². The van der Waals surface area contributed by atoms with Crippen LogP contribution in [0.1, 0.15) is 66.6 Å². The highest BCUT2D eigenvalue weighted by molar-refractivity contribution is 6.01. The van der Waals surface area contributed by atoms with E-state index in [1.165, 1.54) is 0 Å². The van der Waals surface area contributed by atoms with Crippen LogP contribution in [0.4, 0.5) is 10.5 Å². The predicted molar refractivity (Wildman–Crippen MR) is 190 cm³/mol. The number of hydrogen-bond donors (Lipinski definition) is 2. The fourth-order valence-electron chi connectivity index (χ4n) is 5.98. The molecule has 4 aromatic carbocycles. The molecule has 0 saturated carbocycles. The summed E-state index contributed by atoms with van der Waals surface area (Å²) in [5.41, 5.74) is 5.09. The summed E-state index contributed by atoms with van der Waals surface area (Å²) in [7, 11) is 3.11. The fraction of sp³-hybridized carbons (Fsp3) is 0.300. The fourth-order valence-corrected chi connectivity index (χ4v) is 5.98. The van der Waals surface area contributed by atoms with Crippen LogP contribution >= 0.6 is 0 Å². The van der Waals surface area contributed by atoms with Gasteiger partial charge in [0, 0.05) is 23.6 Å². The molecule has 1 aliphatic carbocycles. The van der Waals surface area contributed by atoms with Gasteiger partial charge in [-0.15, -0.1) is 0 Å². The Morgan fingerprint density at radius 3 is 2.08 bits per heavy atom. The molecule has 260 valence electrons. The molecule has 2 amide bonds. The number of carbonyl (C=O) groups excluding carboxylic acids is 4. The Morgan fingerprint density at radius 2 is 1.44 bits per heavy atom. The van der Waals surface area contributed by atoms with Crippen LogP contribution in [0.3, 0.4) is 0 Å². The number of anilines is 1. The van der Waals surface area contributed by atoms with Crippen molar-refractivity contribution in [1.82, 2.24) is 5.32 Å². The zero-order valence-electron chi connectivity index (χ0n) is 28.9. The lowest BCUT2D eigenvalue weighted by Crippen LogP contribution is -2.46. The third-order valence-electron chi connectivity index (χ3n) is 8.28. The molecule has 50 heavy (non-hydrogen) atoms. The second-order valence-corrected chi connectivity index (χ2v) is 13.0. The third-order valence-corrected chi connectivity index (χ3v) is 8.28. The number of esters is 1. The van der Waals surface area contributed by atoms with Crippen molar-refractivity contribution in [3.05, 3.63) is 113 Å². The smallest absolute Gasteiger partial charge is 0.407 e. The largest absolute Gasteiger partial charge is 0.493 e. The summed E-state index contributed by atoms with van der Waals surface area (Å²) in [5.74, 6) is -0.467. The summed E-state index contributed by atoms with van der Waals surface area (Å²) in [6, 6.07) is 26.6. The Hall–Kier alpha value is -5.64. The van der Waals surface area contributed by atoms with Gasteiger partial charge in [-0.25, -0.2) is 4.79 Å².